The Balaban J connectivity index is 1.25. The molecule has 1 aliphatic carbocycles. The lowest BCUT2D eigenvalue weighted by atomic mass is 9.84. The van der Waals surface area contributed by atoms with Crippen LogP contribution in [0, 0.1) is 17.6 Å². The molecule has 2 aliphatic rings. The summed E-state index contributed by atoms with van der Waals surface area (Å²) in [6.45, 7) is 4.32. The third-order valence-corrected chi connectivity index (χ3v) is 8.04. The van der Waals surface area contributed by atoms with Crippen molar-refractivity contribution in [2.24, 2.45) is 5.92 Å². The van der Waals surface area contributed by atoms with E-state index in [-0.39, 0.29) is 29.1 Å². The van der Waals surface area contributed by atoms with Crippen LogP contribution in [0.3, 0.4) is 0 Å². The fraction of sp³-hybridized carbons (Fsp3) is 0.467. The number of ketones is 2. The molecular weight excluding hydrogens is 488 g/mol. The standard InChI is InChI=1S/C30H35F2N3O3/c31-22-6-9-24(10-7-22)34-16-14-33(15-17-34)19-21-5-11-28-29(30(21)38)26-18-23(32)8-12-27(26)35(28)13-3-1-2-4-25(37)20-36/h6-10,12,18,21,36H,1-5,11,13-17,19-20H2. The molecule has 0 saturated carbocycles. The summed E-state index contributed by atoms with van der Waals surface area (Å²) >= 11 is 0. The number of hydrogen-bond donors (Lipinski definition) is 1. The van der Waals surface area contributed by atoms with E-state index in [0.717, 1.165) is 75.2 Å². The number of carbonyl (C=O) groups excluding carboxylic acids is 2. The zero-order valence-electron chi connectivity index (χ0n) is 21.7. The number of aliphatic hydroxyl groups is 1. The van der Waals surface area contributed by atoms with Gasteiger partial charge in [0.05, 0.1) is 0 Å². The molecule has 3 aromatic rings. The number of rotatable bonds is 10. The molecule has 1 fully saturated rings. The smallest absolute Gasteiger partial charge is 0.169 e. The number of carbonyl (C=O) groups is 2. The van der Waals surface area contributed by atoms with Gasteiger partial charge in [-0.1, -0.05) is 6.42 Å². The van der Waals surface area contributed by atoms with Crippen LogP contribution in [0.1, 0.15) is 48.2 Å². The number of fused-ring (bicyclic) bond motifs is 3. The Morgan fingerprint density at radius 1 is 0.947 bits per heavy atom. The molecule has 1 unspecified atom stereocenters. The van der Waals surface area contributed by atoms with Gasteiger partial charge in [-0.3, -0.25) is 14.5 Å². The average Bonchev–Trinajstić information content (AvgIpc) is 3.24. The van der Waals surface area contributed by atoms with E-state index in [2.05, 4.69) is 14.4 Å². The van der Waals surface area contributed by atoms with Crippen molar-refractivity contribution in [3.05, 3.63) is 65.4 Å². The molecule has 6 nitrogen and oxygen atoms in total. The number of aromatic nitrogens is 1. The van der Waals surface area contributed by atoms with Crippen molar-refractivity contribution in [1.82, 2.24) is 9.47 Å². The number of hydrogen-bond acceptors (Lipinski definition) is 5. The molecule has 1 N–H and O–H groups in total. The molecule has 0 spiro atoms. The normalized spacial score (nSPS) is 18.2. The first-order valence-corrected chi connectivity index (χ1v) is 13.6. The van der Waals surface area contributed by atoms with Crippen LogP contribution in [0.2, 0.25) is 0 Å². The van der Waals surface area contributed by atoms with Crippen molar-refractivity contribution in [1.29, 1.82) is 0 Å². The maximum atomic E-state index is 14.3. The highest BCUT2D eigenvalue weighted by atomic mass is 19.1. The quantitative estimate of drug-likeness (QED) is 0.393. The molecule has 1 aliphatic heterocycles. The maximum Gasteiger partial charge on any atom is 0.169 e. The zero-order valence-corrected chi connectivity index (χ0v) is 21.7. The molecule has 1 atom stereocenters. The number of unbranched alkanes of at least 4 members (excludes halogenated alkanes) is 2. The molecule has 2 heterocycles. The highest BCUT2D eigenvalue weighted by molar-refractivity contribution is 6.11. The molecular formula is C30H35F2N3O3. The largest absolute Gasteiger partial charge is 0.389 e. The van der Waals surface area contributed by atoms with Gasteiger partial charge in [0.2, 0.25) is 0 Å². The van der Waals surface area contributed by atoms with Gasteiger partial charge in [-0.25, -0.2) is 8.78 Å². The van der Waals surface area contributed by atoms with Crippen LogP contribution in [0.4, 0.5) is 14.5 Å². The average molecular weight is 524 g/mol. The third-order valence-electron chi connectivity index (χ3n) is 8.04. The molecule has 202 valence electrons. The Kier molecular flexibility index (Phi) is 8.19. The molecule has 0 amide bonds. The lowest BCUT2D eigenvalue weighted by molar-refractivity contribution is -0.121. The highest BCUT2D eigenvalue weighted by Crippen LogP contribution is 2.36. The molecule has 1 saturated heterocycles. The van der Waals surface area contributed by atoms with Crippen LogP contribution in [-0.2, 0) is 17.8 Å². The summed E-state index contributed by atoms with van der Waals surface area (Å²) in [5.41, 5.74) is 3.58. The Hall–Kier alpha value is -3.10. The second-order valence-corrected chi connectivity index (χ2v) is 10.5. The topological polar surface area (TPSA) is 65.8 Å². The van der Waals surface area contributed by atoms with E-state index < -0.39 is 6.61 Å². The molecule has 8 heteroatoms. The molecule has 1 aromatic heterocycles. The number of anilines is 1. The van der Waals surface area contributed by atoms with Crippen molar-refractivity contribution < 1.29 is 23.5 Å². The summed E-state index contributed by atoms with van der Waals surface area (Å²) in [5, 5.41) is 9.60. The predicted octanol–water partition coefficient (Wildman–Crippen LogP) is 4.61. The van der Waals surface area contributed by atoms with Crippen molar-refractivity contribution in [3.8, 4) is 0 Å². The van der Waals surface area contributed by atoms with Crippen molar-refractivity contribution in [3.63, 3.8) is 0 Å². The summed E-state index contributed by atoms with van der Waals surface area (Å²) in [4.78, 5) is 29.7. The number of piperazine rings is 1. The fourth-order valence-electron chi connectivity index (χ4n) is 5.99. The van der Waals surface area contributed by atoms with Gasteiger partial charge in [0, 0.05) is 79.5 Å². The molecule has 0 radical (unpaired) electrons. The van der Waals surface area contributed by atoms with Gasteiger partial charge in [-0.2, -0.15) is 0 Å². The molecule has 5 rings (SSSR count). The summed E-state index contributed by atoms with van der Waals surface area (Å²) in [7, 11) is 0. The number of aliphatic hydroxyl groups excluding tert-OH is 1. The minimum absolute atomic E-state index is 0.107. The van der Waals surface area contributed by atoms with Crippen LogP contribution in [0.15, 0.2) is 42.5 Å². The van der Waals surface area contributed by atoms with Gasteiger partial charge in [-0.05, 0) is 68.1 Å². The van der Waals surface area contributed by atoms with E-state index in [1.54, 1.807) is 18.2 Å². The molecule has 0 bridgehead atoms. The van der Waals surface area contributed by atoms with Crippen molar-refractivity contribution in [2.45, 2.75) is 45.1 Å². The highest BCUT2D eigenvalue weighted by Gasteiger charge is 2.34. The number of halogens is 2. The summed E-state index contributed by atoms with van der Waals surface area (Å²) in [5.74, 6) is -0.732. The maximum absolute atomic E-state index is 14.3. The van der Waals surface area contributed by atoms with E-state index in [1.165, 1.54) is 24.3 Å². The first-order valence-electron chi connectivity index (χ1n) is 13.6. The second-order valence-electron chi connectivity index (χ2n) is 10.5. The Bertz CT molecular complexity index is 1300. The van der Waals surface area contributed by atoms with Gasteiger partial charge in [0.15, 0.2) is 11.6 Å². The van der Waals surface area contributed by atoms with Gasteiger partial charge in [0.1, 0.15) is 18.2 Å². The summed E-state index contributed by atoms with van der Waals surface area (Å²) in [6.07, 6.45) is 4.36. The van der Waals surface area contributed by atoms with E-state index in [1.807, 2.05) is 0 Å². The Morgan fingerprint density at radius 2 is 1.68 bits per heavy atom. The van der Waals surface area contributed by atoms with Crippen LogP contribution in [0.5, 0.6) is 0 Å². The van der Waals surface area contributed by atoms with Crippen LogP contribution < -0.4 is 4.90 Å². The summed E-state index contributed by atoms with van der Waals surface area (Å²) in [6, 6.07) is 11.3. The first kappa shape index (κ1) is 26.5. The van der Waals surface area contributed by atoms with Gasteiger partial charge >= 0.3 is 0 Å². The van der Waals surface area contributed by atoms with Gasteiger partial charge in [0.25, 0.3) is 0 Å². The monoisotopic (exact) mass is 523 g/mol. The van der Waals surface area contributed by atoms with Gasteiger partial charge < -0.3 is 14.6 Å². The first-order chi connectivity index (χ1) is 18.4. The minimum Gasteiger partial charge on any atom is -0.389 e. The third kappa shape index (κ3) is 5.66. The predicted molar refractivity (Wildman–Crippen MR) is 144 cm³/mol. The fourth-order valence-corrected chi connectivity index (χ4v) is 5.99. The second kappa shape index (κ2) is 11.7. The summed E-state index contributed by atoms with van der Waals surface area (Å²) < 4.78 is 29.7. The number of Topliss-reactive ketones (excluding diaryl/α,β-unsaturated/α-hetero) is 2. The van der Waals surface area contributed by atoms with E-state index >= 15 is 0 Å². The zero-order chi connectivity index (χ0) is 26.6. The lowest BCUT2D eigenvalue weighted by Gasteiger charge is -2.38. The number of benzene rings is 2. The van der Waals surface area contributed by atoms with Crippen molar-refractivity contribution in [2.75, 3.05) is 44.2 Å². The SMILES string of the molecule is O=C(CO)CCCCCn1c2c(c3cc(F)ccc31)C(=O)C(CN1CCN(c3ccc(F)cc3)CC1)CC2. The van der Waals surface area contributed by atoms with Crippen molar-refractivity contribution >= 4 is 28.2 Å². The van der Waals surface area contributed by atoms with Crippen LogP contribution >= 0.6 is 0 Å². The van der Waals surface area contributed by atoms with Crippen LogP contribution in [0.25, 0.3) is 10.9 Å². The molecule has 38 heavy (non-hydrogen) atoms. The van der Waals surface area contributed by atoms with E-state index in [4.69, 9.17) is 5.11 Å². The number of nitrogens with zero attached hydrogens (tertiary/aromatic N) is 3. The Labute approximate surface area is 221 Å². The minimum atomic E-state index is -0.408. The van der Waals surface area contributed by atoms with E-state index in [9.17, 15) is 18.4 Å². The lowest BCUT2D eigenvalue weighted by Crippen LogP contribution is -2.49. The Morgan fingerprint density at radius 3 is 2.42 bits per heavy atom. The van der Waals surface area contributed by atoms with Gasteiger partial charge in [-0.15, -0.1) is 0 Å². The van der Waals surface area contributed by atoms with Crippen LogP contribution in [-0.4, -0.2) is 65.5 Å². The number of aryl methyl sites for hydroxylation is 1. The molecule has 2 aromatic carbocycles. The van der Waals surface area contributed by atoms with E-state index in [0.29, 0.717) is 30.5 Å².